The highest BCUT2D eigenvalue weighted by atomic mass is 35.5. The molecule has 0 unspecified atom stereocenters. The molecule has 0 spiro atoms. The smallest absolute Gasteiger partial charge is 0.137 e. The molecule has 0 bridgehead atoms. The van der Waals surface area contributed by atoms with Gasteiger partial charge in [0.15, 0.2) is 0 Å². The first-order valence-corrected chi connectivity index (χ1v) is 7.39. The van der Waals surface area contributed by atoms with E-state index in [-0.39, 0.29) is 0 Å². The molecule has 3 nitrogen and oxygen atoms in total. The van der Waals surface area contributed by atoms with Crippen LogP contribution in [-0.4, -0.2) is 16.5 Å². The van der Waals surface area contributed by atoms with E-state index < -0.39 is 0 Å². The molecule has 0 aliphatic heterocycles. The summed E-state index contributed by atoms with van der Waals surface area (Å²) < 4.78 is 0. The molecule has 2 fully saturated rings. The second kappa shape index (κ2) is 5.04. The maximum Gasteiger partial charge on any atom is 0.137 e. The molecule has 2 aliphatic carbocycles. The number of rotatable bonds is 5. The van der Waals surface area contributed by atoms with Crippen LogP contribution in [0.2, 0.25) is 5.15 Å². The normalized spacial score (nSPS) is 19.7. The lowest BCUT2D eigenvalue weighted by Crippen LogP contribution is -2.16. The monoisotopic (exact) mass is 265 g/mol. The summed E-state index contributed by atoms with van der Waals surface area (Å²) in [6.45, 7) is 2.99. The zero-order valence-electron chi connectivity index (χ0n) is 10.9. The molecule has 0 radical (unpaired) electrons. The average Bonchev–Trinajstić information content (AvgIpc) is 3.11. The standard InChI is InChI=1S/C14H20ClN3/c1-9-12(15)17-14(11-5-6-11)18-13(9)16-8-7-10-3-2-4-10/h10-11H,2-8H2,1H3,(H,16,17,18). The maximum atomic E-state index is 6.18. The van der Waals surface area contributed by atoms with E-state index in [1.807, 2.05) is 6.92 Å². The van der Waals surface area contributed by atoms with Crippen LogP contribution in [0.5, 0.6) is 0 Å². The number of halogens is 1. The van der Waals surface area contributed by atoms with E-state index >= 15 is 0 Å². The lowest BCUT2D eigenvalue weighted by molar-refractivity contribution is 0.303. The third-order valence-electron chi connectivity index (χ3n) is 4.12. The van der Waals surface area contributed by atoms with E-state index in [0.717, 1.165) is 29.7 Å². The second-order valence-corrected chi connectivity index (χ2v) is 5.99. The Morgan fingerprint density at radius 3 is 2.61 bits per heavy atom. The lowest BCUT2D eigenvalue weighted by Gasteiger charge is -2.25. The molecule has 2 aliphatic rings. The van der Waals surface area contributed by atoms with Crippen LogP contribution in [0.1, 0.15) is 55.8 Å². The quantitative estimate of drug-likeness (QED) is 0.820. The van der Waals surface area contributed by atoms with E-state index in [2.05, 4.69) is 15.3 Å². The molecule has 1 aromatic rings. The average molecular weight is 266 g/mol. The number of anilines is 1. The number of hydrogen-bond acceptors (Lipinski definition) is 3. The van der Waals surface area contributed by atoms with Crippen molar-refractivity contribution in [3.05, 3.63) is 16.5 Å². The van der Waals surface area contributed by atoms with Crippen LogP contribution in [0.25, 0.3) is 0 Å². The first kappa shape index (κ1) is 12.2. The van der Waals surface area contributed by atoms with Gasteiger partial charge >= 0.3 is 0 Å². The first-order chi connectivity index (χ1) is 8.74. The maximum absolute atomic E-state index is 6.18. The van der Waals surface area contributed by atoms with Crippen molar-refractivity contribution in [3.8, 4) is 0 Å². The third-order valence-corrected chi connectivity index (χ3v) is 4.48. The van der Waals surface area contributed by atoms with Crippen molar-refractivity contribution in [2.75, 3.05) is 11.9 Å². The molecule has 0 atom stereocenters. The fourth-order valence-corrected chi connectivity index (χ4v) is 2.55. The molecule has 0 saturated heterocycles. The largest absolute Gasteiger partial charge is 0.370 e. The lowest BCUT2D eigenvalue weighted by atomic mass is 9.83. The summed E-state index contributed by atoms with van der Waals surface area (Å²) in [6.07, 6.45) is 7.88. The van der Waals surface area contributed by atoms with Crippen molar-refractivity contribution in [2.45, 2.75) is 51.4 Å². The Morgan fingerprint density at radius 1 is 1.22 bits per heavy atom. The van der Waals surface area contributed by atoms with Crippen molar-refractivity contribution in [1.82, 2.24) is 9.97 Å². The Labute approximate surface area is 113 Å². The molecule has 18 heavy (non-hydrogen) atoms. The van der Waals surface area contributed by atoms with Crippen molar-refractivity contribution in [2.24, 2.45) is 5.92 Å². The number of aromatic nitrogens is 2. The molecule has 0 aromatic carbocycles. The van der Waals surface area contributed by atoms with Gasteiger partial charge in [0.2, 0.25) is 0 Å². The third kappa shape index (κ3) is 2.61. The first-order valence-electron chi connectivity index (χ1n) is 7.02. The van der Waals surface area contributed by atoms with E-state index in [0.29, 0.717) is 11.1 Å². The topological polar surface area (TPSA) is 37.8 Å². The van der Waals surface area contributed by atoms with Crippen LogP contribution in [0.15, 0.2) is 0 Å². The summed E-state index contributed by atoms with van der Waals surface area (Å²) in [5.41, 5.74) is 0.981. The van der Waals surface area contributed by atoms with E-state index in [1.54, 1.807) is 0 Å². The highest BCUT2D eigenvalue weighted by molar-refractivity contribution is 6.30. The second-order valence-electron chi connectivity index (χ2n) is 5.63. The molecule has 3 rings (SSSR count). The summed E-state index contributed by atoms with van der Waals surface area (Å²) in [7, 11) is 0. The van der Waals surface area contributed by atoms with Gasteiger partial charge in [-0.05, 0) is 32.1 Å². The Morgan fingerprint density at radius 2 is 2.00 bits per heavy atom. The van der Waals surface area contributed by atoms with Gasteiger partial charge in [-0.15, -0.1) is 0 Å². The number of hydrogen-bond donors (Lipinski definition) is 1. The number of nitrogens with one attached hydrogen (secondary N) is 1. The summed E-state index contributed by atoms with van der Waals surface area (Å²) in [5.74, 6) is 3.35. The van der Waals surface area contributed by atoms with Crippen molar-refractivity contribution in [1.29, 1.82) is 0 Å². The molecule has 1 heterocycles. The Hall–Kier alpha value is -0.830. The van der Waals surface area contributed by atoms with Crippen molar-refractivity contribution >= 4 is 17.4 Å². The Balaban J connectivity index is 1.65. The van der Waals surface area contributed by atoms with Gasteiger partial charge in [-0.1, -0.05) is 30.9 Å². The molecule has 2 saturated carbocycles. The SMILES string of the molecule is Cc1c(Cl)nc(C2CC2)nc1NCCC1CCC1. The van der Waals surface area contributed by atoms with Gasteiger partial charge < -0.3 is 5.32 Å². The van der Waals surface area contributed by atoms with Gasteiger partial charge in [0, 0.05) is 18.0 Å². The van der Waals surface area contributed by atoms with Crippen molar-refractivity contribution in [3.63, 3.8) is 0 Å². The van der Waals surface area contributed by atoms with Crippen LogP contribution < -0.4 is 5.32 Å². The van der Waals surface area contributed by atoms with Crippen LogP contribution >= 0.6 is 11.6 Å². The van der Waals surface area contributed by atoms with Crippen LogP contribution in [0.3, 0.4) is 0 Å². The van der Waals surface area contributed by atoms with Crippen LogP contribution in [0.4, 0.5) is 5.82 Å². The molecule has 1 aromatic heterocycles. The molecular weight excluding hydrogens is 246 g/mol. The van der Waals surface area contributed by atoms with E-state index in [9.17, 15) is 0 Å². The van der Waals surface area contributed by atoms with Gasteiger partial charge in [0.1, 0.15) is 16.8 Å². The van der Waals surface area contributed by atoms with E-state index in [1.165, 1.54) is 38.5 Å². The summed E-state index contributed by atoms with van der Waals surface area (Å²) in [4.78, 5) is 9.01. The highest BCUT2D eigenvalue weighted by Crippen LogP contribution is 2.39. The highest BCUT2D eigenvalue weighted by Gasteiger charge is 2.28. The summed E-state index contributed by atoms with van der Waals surface area (Å²) >= 11 is 6.18. The summed E-state index contributed by atoms with van der Waals surface area (Å²) in [5, 5.41) is 4.05. The predicted molar refractivity (Wildman–Crippen MR) is 74.2 cm³/mol. The fraction of sp³-hybridized carbons (Fsp3) is 0.714. The van der Waals surface area contributed by atoms with E-state index in [4.69, 9.17) is 11.6 Å². The Bertz CT molecular complexity index is 439. The van der Waals surface area contributed by atoms with Crippen LogP contribution in [0, 0.1) is 12.8 Å². The van der Waals surface area contributed by atoms with Gasteiger partial charge in [-0.3, -0.25) is 0 Å². The van der Waals surface area contributed by atoms with Gasteiger partial charge in [-0.2, -0.15) is 0 Å². The van der Waals surface area contributed by atoms with Gasteiger partial charge in [-0.25, -0.2) is 9.97 Å². The minimum atomic E-state index is 0.551. The van der Waals surface area contributed by atoms with Crippen LogP contribution in [-0.2, 0) is 0 Å². The van der Waals surface area contributed by atoms with Crippen molar-refractivity contribution < 1.29 is 0 Å². The molecule has 1 N–H and O–H groups in total. The zero-order valence-corrected chi connectivity index (χ0v) is 11.6. The molecular formula is C14H20ClN3. The fourth-order valence-electron chi connectivity index (χ4n) is 2.38. The summed E-state index contributed by atoms with van der Waals surface area (Å²) in [6, 6.07) is 0. The van der Waals surface area contributed by atoms with Gasteiger partial charge in [0.05, 0.1) is 0 Å². The predicted octanol–water partition coefficient (Wildman–Crippen LogP) is 3.92. The molecule has 0 amide bonds. The minimum Gasteiger partial charge on any atom is -0.370 e. The Kier molecular flexibility index (Phi) is 3.42. The molecule has 4 heteroatoms. The number of nitrogens with zero attached hydrogens (tertiary/aromatic N) is 2. The molecule has 98 valence electrons. The van der Waals surface area contributed by atoms with Gasteiger partial charge in [0.25, 0.3) is 0 Å². The zero-order chi connectivity index (χ0) is 12.5. The minimum absolute atomic E-state index is 0.551.